The van der Waals surface area contributed by atoms with Crippen molar-refractivity contribution >= 4 is 22.6 Å². The maximum atomic E-state index is 11.2. The van der Waals surface area contributed by atoms with Gasteiger partial charge in [0, 0.05) is 31.3 Å². The average Bonchev–Trinajstić information content (AvgIpc) is 2.73. The molecule has 0 saturated carbocycles. The van der Waals surface area contributed by atoms with E-state index >= 15 is 0 Å². The van der Waals surface area contributed by atoms with Crippen LogP contribution < -0.4 is 10.00 Å². The molecule has 0 unspecified atom stereocenters. The molecular weight excluding hydrogens is 264 g/mol. The molecule has 21 heavy (non-hydrogen) atoms. The predicted octanol–water partition coefficient (Wildman–Crippen LogP) is 2.32. The van der Waals surface area contributed by atoms with Gasteiger partial charge in [0.25, 0.3) is 0 Å². The van der Waals surface area contributed by atoms with Crippen molar-refractivity contribution in [3.63, 3.8) is 0 Å². The topological polar surface area (TPSA) is 61.7 Å². The van der Waals surface area contributed by atoms with E-state index < -0.39 is 0 Å². The Labute approximate surface area is 122 Å². The highest BCUT2D eigenvalue weighted by Crippen LogP contribution is 2.25. The number of nitrogens with one attached hydrogen (secondary N) is 2. The Morgan fingerprint density at radius 3 is 2.86 bits per heavy atom. The van der Waals surface area contributed by atoms with Crippen LogP contribution in [-0.2, 0) is 11.8 Å². The molecule has 0 atom stereocenters. The van der Waals surface area contributed by atoms with Crippen LogP contribution >= 0.6 is 0 Å². The summed E-state index contributed by atoms with van der Waals surface area (Å²) in [6.07, 6.45) is 1.84. The summed E-state index contributed by atoms with van der Waals surface area (Å²) in [4.78, 5) is 15.6. The number of nitrogens with zero attached hydrogens (tertiary/aromatic N) is 2. The summed E-state index contributed by atoms with van der Waals surface area (Å²) in [6.45, 7) is 3.56. The van der Waals surface area contributed by atoms with Gasteiger partial charge in [-0.2, -0.15) is 0 Å². The zero-order valence-corrected chi connectivity index (χ0v) is 12.3. The van der Waals surface area contributed by atoms with Crippen LogP contribution in [0.1, 0.15) is 12.6 Å². The van der Waals surface area contributed by atoms with Crippen molar-refractivity contribution in [1.82, 2.24) is 10.1 Å². The number of amides is 1. The number of anilines is 1. The minimum atomic E-state index is -0.0748. The molecule has 1 amide bonds. The number of H-pyrrole nitrogens is 1. The van der Waals surface area contributed by atoms with E-state index in [1.54, 1.807) is 0 Å². The smallest absolute Gasteiger partial charge is 0.221 e. The number of aromatic amines is 1. The first-order chi connectivity index (χ1) is 10.0. The van der Waals surface area contributed by atoms with Crippen LogP contribution in [0.25, 0.3) is 22.2 Å². The van der Waals surface area contributed by atoms with Crippen molar-refractivity contribution in [2.24, 2.45) is 7.05 Å². The first kappa shape index (κ1) is 13.3. The van der Waals surface area contributed by atoms with Crippen molar-refractivity contribution in [1.29, 1.82) is 0 Å². The molecule has 3 rings (SSSR count). The van der Waals surface area contributed by atoms with E-state index in [9.17, 15) is 4.79 Å². The third-order valence-electron chi connectivity index (χ3n) is 3.57. The Kier molecular flexibility index (Phi) is 3.17. The highest BCUT2D eigenvalue weighted by molar-refractivity contribution is 5.90. The van der Waals surface area contributed by atoms with Gasteiger partial charge in [0.05, 0.1) is 5.39 Å². The van der Waals surface area contributed by atoms with Crippen molar-refractivity contribution in [3.05, 3.63) is 42.2 Å². The molecule has 3 aromatic rings. The van der Waals surface area contributed by atoms with Crippen molar-refractivity contribution in [2.45, 2.75) is 13.8 Å². The van der Waals surface area contributed by atoms with Gasteiger partial charge in [0.2, 0.25) is 11.6 Å². The molecule has 0 saturated heterocycles. The number of hydrogen-bond donors (Lipinski definition) is 2. The Morgan fingerprint density at radius 2 is 2.10 bits per heavy atom. The van der Waals surface area contributed by atoms with Crippen molar-refractivity contribution in [2.75, 3.05) is 5.32 Å². The van der Waals surface area contributed by atoms with Crippen LogP contribution in [0.3, 0.4) is 0 Å². The zero-order valence-electron chi connectivity index (χ0n) is 12.3. The molecule has 0 aliphatic rings. The van der Waals surface area contributed by atoms with E-state index in [1.165, 1.54) is 6.92 Å². The summed E-state index contributed by atoms with van der Waals surface area (Å²) < 4.78 is 1.95. The van der Waals surface area contributed by atoms with Gasteiger partial charge in [-0.25, -0.2) is 4.98 Å². The number of carbonyl (C=O) groups excluding carboxylic acids is 1. The molecule has 2 N–H and O–H groups in total. The van der Waals surface area contributed by atoms with Gasteiger partial charge in [-0.05, 0) is 23.8 Å². The van der Waals surface area contributed by atoms with Gasteiger partial charge in [0.15, 0.2) is 12.7 Å². The number of pyridine rings is 1. The van der Waals surface area contributed by atoms with Gasteiger partial charge >= 0.3 is 0 Å². The maximum Gasteiger partial charge on any atom is 0.221 e. The van der Waals surface area contributed by atoms with E-state index in [-0.39, 0.29) is 5.91 Å². The lowest BCUT2D eigenvalue weighted by atomic mass is 10.1. The fourth-order valence-corrected chi connectivity index (χ4v) is 2.39. The number of rotatable bonds is 2. The molecule has 0 fully saturated rings. The number of benzene rings is 1. The van der Waals surface area contributed by atoms with Gasteiger partial charge in [-0.3, -0.25) is 4.79 Å². The third kappa shape index (κ3) is 2.50. The van der Waals surface area contributed by atoms with Crippen LogP contribution in [0.4, 0.5) is 5.69 Å². The van der Waals surface area contributed by atoms with Crippen molar-refractivity contribution in [3.8, 4) is 11.1 Å². The Hall–Kier alpha value is -2.69. The predicted molar refractivity (Wildman–Crippen MR) is 81.7 cm³/mol. The lowest BCUT2D eigenvalue weighted by molar-refractivity contribution is -0.730. The summed E-state index contributed by atoms with van der Waals surface area (Å²) in [5.41, 5.74) is 4.85. The molecule has 2 aromatic heterocycles. The number of carbonyl (C=O) groups is 1. The fraction of sp³-hybridized carbons (Fsp3) is 0.188. The van der Waals surface area contributed by atoms with Crippen LogP contribution in [-0.4, -0.2) is 16.0 Å². The second-order valence-electron chi connectivity index (χ2n) is 5.14. The average molecular weight is 281 g/mol. The highest BCUT2D eigenvalue weighted by Gasteiger charge is 2.13. The quantitative estimate of drug-likeness (QED) is 0.708. The number of fused-ring (bicyclic) bond motifs is 1. The van der Waals surface area contributed by atoms with Crippen LogP contribution in [0.15, 0.2) is 36.5 Å². The minimum absolute atomic E-state index is 0.0748. The summed E-state index contributed by atoms with van der Waals surface area (Å²) >= 11 is 0. The van der Waals surface area contributed by atoms with E-state index in [1.807, 2.05) is 42.2 Å². The first-order valence-corrected chi connectivity index (χ1v) is 6.77. The second kappa shape index (κ2) is 5.01. The normalized spacial score (nSPS) is 10.8. The highest BCUT2D eigenvalue weighted by atomic mass is 16.1. The van der Waals surface area contributed by atoms with Gasteiger partial charge in [0.1, 0.15) is 0 Å². The molecule has 5 nitrogen and oxygen atoms in total. The number of aromatic nitrogens is 3. The Balaban J connectivity index is 2.07. The lowest BCUT2D eigenvalue weighted by Crippen LogP contribution is -2.32. The maximum absolute atomic E-state index is 11.2. The molecule has 0 spiro atoms. The van der Waals surface area contributed by atoms with Gasteiger partial charge in [-0.15, -0.1) is 9.78 Å². The van der Waals surface area contributed by atoms with E-state index in [2.05, 4.69) is 28.4 Å². The Bertz CT molecular complexity index is 835. The largest absolute Gasteiger partial charge is 0.326 e. The summed E-state index contributed by atoms with van der Waals surface area (Å²) in [5, 5.41) is 7.09. The minimum Gasteiger partial charge on any atom is -0.326 e. The summed E-state index contributed by atoms with van der Waals surface area (Å²) in [6, 6.07) is 9.87. The molecule has 5 heteroatoms. The molecule has 0 radical (unpaired) electrons. The second-order valence-corrected chi connectivity index (χ2v) is 5.14. The van der Waals surface area contributed by atoms with Gasteiger partial charge in [-0.1, -0.05) is 12.1 Å². The molecule has 106 valence electrons. The van der Waals surface area contributed by atoms with E-state index in [0.29, 0.717) is 0 Å². The zero-order chi connectivity index (χ0) is 15.0. The van der Waals surface area contributed by atoms with Crippen LogP contribution in [0.2, 0.25) is 0 Å². The van der Waals surface area contributed by atoms with E-state index in [0.717, 1.165) is 33.5 Å². The van der Waals surface area contributed by atoms with E-state index in [4.69, 9.17) is 0 Å². The molecule has 1 aromatic carbocycles. The first-order valence-electron chi connectivity index (χ1n) is 6.77. The molecule has 0 bridgehead atoms. The molecular formula is C16H17N4O+. The molecule has 0 aliphatic carbocycles. The molecule has 2 heterocycles. The summed E-state index contributed by atoms with van der Waals surface area (Å²) in [5.74, 6) is -0.0748. The monoisotopic (exact) mass is 281 g/mol. The SMILES string of the molecule is CC(=O)Nc1cccc(-c2cnc3[nH][n+](C)c(C)c3c2)c1. The van der Waals surface area contributed by atoms with Crippen LogP contribution in [0.5, 0.6) is 0 Å². The fourth-order valence-electron chi connectivity index (χ4n) is 2.39. The van der Waals surface area contributed by atoms with Gasteiger partial charge < -0.3 is 5.32 Å². The number of aryl methyl sites for hydroxylation is 2. The Morgan fingerprint density at radius 1 is 1.29 bits per heavy atom. The summed E-state index contributed by atoms with van der Waals surface area (Å²) in [7, 11) is 1.97. The number of hydrogen-bond acceptors (Lipinski definition) is 2. The standard InChI is InChI=1S/C16H16N4O/c1-10-15-8-13(9-17-16(15)19-20(10)3)12-5-4-6-14(7-12)18-11(2)21/h4-9H,1-3H3,(H,18,21)/p+1. The third-order valence-corrected chi connectivity index (χ3v) is 3.57. The lowest BCUT2D eigenvalue weighted by Gasteiger charge is -2.05. The van der Waals surface area contributed by atoms with Crippen molar-refractivity contribution < 1.29 is 9.48 Å². The molecule has 0 aliphatic heterocycles. The van der Waals surface area contributed by atoms with Crippen LogP contribution in [0, 0.1) is 6.92 Å².